The molecule has 0 radical (unpaired) electrons. The quantitative estimate of drug-likeness (QED) is 0.665. The maximum Gasteiger partial charge on any atom is 0.320 e. The normalized spacial score (nSPS) is 16.7. The second kappa shape index (κ2) is 9.40. The molecule has 2 N–H and O–H groups in total. The van der Waals surface area contributed by atoms with E-state index >= 15 is 0 Å². The molecule has 2 aliphatic rings. The van der Waals surface area contributed by atoms with Gasteiger partial charge in [-0.1, -0.05) is 37.6 Å². The summed E-state index contributed by atoms with van der Waals surface area (Å²) < 4.78 is 11.0. The van der Waals surface area contributed by atoms with Gasteiger partial charge in [-0.2, -0.15) is 9.97 Å². The topological polar surface area (TPSA) is 93.8 Å². The number of carbonyl (C=O) groups is 1. The Morgan fingerprint density at radius 3 is 2.50 bits per heavy atom. The van der Waals surface area contributed by atoms with E-state index < -0.39 is 0 Å². The van der Waals surface area contributed by atoms with Crippen molar-refractivity contribution in [1.82, 2.24) is 14.9 Å². The minimum Gasteiger partial charge on any atom is -0.463 e. The summed E-state index contributed by atoms with van der Waals surface area (Å²) in [5.74, 6) is 0.869. The number of rotatable bonds is 8. The molecule has 1 aromatic carbocycles. The monoisotopic (exact) mass is 411 g/mol. The first kappa shape index (κ1) is 20.6. The van der Waals surface area contributed by atoms with Gasteiger partial charge in [0.2, 0.25) is 5.91 Å². The lowest BCUT2D eigenvalue weighted by Gasteiger charge is -2.26. The first-order valence-electron chi connectivity index (χ1n) is 10.6. The molecular weight excluding hydrogens is 382 g/mol. The summed E-state index contributed by atoms with van der Waals surface area (Å²) >= 11 is 0. The van der Waals surface area contributed by atoms with Crippen LogP contribution in [0.15, 0.2) is 24.3 Å². The zero-order valence-corrected chi connectivity index (χ0v) is 17.5. The largest absolute Gasteiger partial charge is 0.463 e. The number of amides is 1. The maximum atomic E-state index is 12.6. The molecule has 160 valence electrons. The molecule has 0 bridgehead atoms. The van der Waals surface area contributed by atoms with Crippen molar-refractivity contribution in [3.8, 4) is 6.01 Å². The molecule has 8 nitrogen and oxygen atoms in total. The molecule has 8 heteroatoms. The molecule has 0 unspecified atom stereocenters. The van der Waals surface area contributed by atoms with Crippen LogP contribution in [0, 0.1) is 0 Å². The second-order valence-electron chi connectivity index (χ2n) is 7.76. The van der Waals surface area contributed by atoms with Gasteiger partial charge in [0, 0.05) is 25.2 Å². The van der Waals surface area contributed by atoms with Gasteiger partial charge in [-0.15, -0.1) is 0 Å². The average molecular weight is 412 g/mol. The third kappa shape index (κ3) is 4.71. The number of fused-ring (bicyclic) bond motifs is 1. The number of carbonyl (C=O) groups excluding carboxylic acids is 1. The van der Waals surface area contributed by atoms with Crippen molar-refractivity contribution in [2.75, 3.05) is 43.5 Å². The zero-order valence-electron chi connectivity index (χ0n) is 17.5. The molecule has 2 aliphatic heterocycles. The van der Waals surface area contributed by atoms with E-state index in [1.54, 1.807) is 4.90 Å². The number of hydrogen-bond acceptors (Lipinski definition) is 7. The number of nitrogens with zero attached hydrogens (tertiary/aromatic N) is 4. The molecule has 2 aromatic rings. The van der Waals surface area contributed by atoms with Crippen molar-refractivity contribution in [1.29, 1.82) is 0 Å². The summed E-state index contributed by atoms with van der Waals surface area (Å²) in [7, 11) is 0. The summed E-state index contributed by atoms with van der Waals surface area (Å²) in [4.78, 5) is 25.4. The van der Waals surface area contributed by atoms with E-state index in [9.17, 15) is 4.79 Å². The van der Waals surface area contributed by atoms with Crippen molar-refractivity contribution in [2.45, 2.75) is 39.3 Å². The number of hydrogen-bond donors (Lipinski definition) is 1. The van der Waals surface area contributed by atoms with Crippen LogP contribution < -0.4 is 15.4 Å². The van der Waals surface area contributed by atoms with Crippen LogP contribution in [0.1, 0.15) is 36.5 Å². The number of nitrogen functional groups attached to an aromatic ring is 1. The third-order valence-electron chi connectivity index (χ3n) is 5.48. The van der Waals surface area contributed by atoms with Gasteiger partial charge in [-0.05, 0) is 17.5 Å². The van der Waals surface area contributed by atoms with Crippen molar-refractivity contribution in [3.63, 3.8) is 0 Å². The van der Waals surface area contributed by atoms with E-state index in [0.29, 0.717) is 30.4 Å². The Hall–Kier alpha value is -2.71. The Balaban J connectivity index is 1.45. The number of unbranched alkanes of at least 4 members (excludes halogenated alkanes) is 1. The average Bonchev–Trinajstić information content (AvgIpc) is 3.06. The van der Waals surface area contributed by atoms with E-state index in [4.69, 9.17) is 15.2 Å². The molecule has 30 heavy (non-hydrogen) atoms. The SMILES string of the molecule is CCCCOc1nc(N)c2c(n1)N(Cc1ccc(CN3CCOCC3)cc1)C(=O)C2. The Morgan fingerprint density at radius 1 is 1.10 bits per heavy atom. The Kier molecular flexibility index (Phi) is 6.44. The van der Waals surface area contributed by atoms with Gasteiger partial charge in [0.25, 0.3) is 0 Å². The highest BCUT2D eigenvalue weighted by Gasteiger charge is 2.32. The fraction of sp³-hybridized carbons (Fsp3) is 0.500. The van der Waals surface area contributed by atoms with Crippen molar-refractivity contribution in [3.05, 3.63) is 41.0 Å². The van der Waals surface area contributed by atoms with Gasteiger partial charge >= 0.3 is 6.01 Å². The molecular formula is C22H29N5O3. The molecule has 4 rings (SSSR count). The molecule has 0 spiro atoms. The molecule has 0 saturated carbocycles. The maximum absolute atomic E-state index is 12.6. The third-order valence-corrected chi connectivity index (χ3v) is 5.48. The number of anilines is 2. The summed E-state index contributed by atoms with van der Waals surface area (Å²) in [6, 6.07) is 8.63. The van der Waals surface area contributed by atoms with Crippen molar-refractivity contribution >= 4 is 17.5 Å². The standard InChI is InChI=1S/C22H29N5O3/c1-2-3-10-30-22-24-20(23)18-13-19(28)27(21(18)25-22)15-17-6-4-16(5-7-17)14-26-8-11-29-12-9-26/h4-7H,2-3,8-15H2,1H3,(H2,23,24,25). The van der Waals surface area contributed by atoms with E-state index in [0.717, 1.165) is 51.3 Å². The fourth-order valence-corrected chi connectivity index (χ4v) is 3.71. The van der Waals surface area contributed by atoms with Crippen LogP contribution in [0.5, 0.6) is 6.01 Å². The first-order valence-corrected chi connectivity index (χ1v) is 10.6. The Bertz CT molecular complexity index is 881. The highest BCUT2D eigenvalue weighted by atomic mass is 16.5. The molecule has 0 aliphatic carbocycles. The van der Waals surface area contributed by atoms with Gasteiger partial charge in [0.15, 0.2) is 0 Å². The highest BCUT2D eigenvalue weighted by Crippen LogP contribution is 2.33. The lowest BCUT2D eigenvalue weighted by Crippen LogP contribution is -2.35. The zero-order chi connectivity index (χ0) is 20.9. The highest BCUT2D eigenvalue weighted by molar-refractivity contribution is 6.01. The molecule has 1 aromatic heterocycles. The van der Waals surface area contributed by atoms with Crippen LogP contribution in [0.2, 0.25) is 0 Å². The smallest absolute Gasteiger partial charge is 0.320 e. The van der Waals surface area contributed by atoms with Gasteiger partial charge < -0.3 is 15.2 Å². The van der Waals surface area contributed by atoms with Gasteiger partial charge in [0.05, 0.1) is 32.8 Å². The van der Waals surface area contributed by atoms with E-state index in [-0.39, 0.29) is 18.3 Å². The van der Waals surface area contributed by atoms with Crippen molar-refractivity contribution in [2.24, 2.45) is 0 Å². The van der Waals surface area contributed by atoms with E-state index in [1.807, 2.05) is 0 Å². The minimum absolute atomic E-state index is 0.0194. The van der Waals surface area contributed by atoms with Gasteiger partial charge in [-0.25, -0.2) is 0 Å². The summed E-state index contributed by atoms with van der Waals surface area (Å²) in [5, 5.41) is 0. The lowest BCUT2D eigenvalue weighted by atomic mass is 10.1. The minimum atomic E-state index is -0.0194. The molecule has 3 heterocycles. The Labute approximate surface area is 177 Å². The van der Waals surface area contributed by atoms with E-state index in [1.165, 1.54) is 5.56 Å². The van der Waals surface area contributed by atoms with Crippen LogP contribution >= 0.6 is 0 Å². The number of morpholine rings is 1. The lowest BCUT2D eigenvalue weighted by molar-refractivity contribution is -0.117. The van der Waals surface area contributed by atoms with Gasteiger partial charge in [0.1, 0.15) is 11.6 Å². The summed E-state index contributed by atoms with van der Waals surface area (Å²) in [5.41, 5.74) is 9.07. The van der Waals surface area contributed by atoms with Crippen molar-refractivity contribution < 1.29 is 14.3 Å². The number of aromatic nitrogens is 2. The molecule has 0 atom stereocenters. The van der Waals surface area contributed by atoms with Crippen LogP contribution in [-0.2, 0) is 29.0 Å². The summed E-state index contributed by atoms with van der Waals surface area (Å²) in [6.07, 6.45) is 2.16. The van der Waals surface area contributed by atoms with Crippen LogP contribution in [-0.4, -0.2) is 53.7 Å². The number of ether oxygens (including phenoxy) is 2. The molecule has 1 amide bonds. The van der Waals surface area contributed by atoms with Crippen LogP contribution in [0.25, 0.3) is 0 Å². The Morgan fingerprint density at radius 2 is 1.80 bits per heavy atom. The van der Waals surface area contributed by atoms with E-state index in [2.05, 4.69) is 46.1 Å². The fourth-order valence-electron chi connectivity index (χ4n) is 3.71. The predicted molar refractivity (Wildman–Crippen MR) is 114 cm³/mol. The van der Waals surface area contributed by atoms with Crippen LogP contribution in [0.4, 0.5) is 11.6 Å². The number of benzene rings is 1. The molecule has 1 saturated heterocycles. The second-order valence-corrected chi connectivity index (χ2v) is 7.76. The number of nitrogens with two attached hydrogens (primary N) is 1. The van der Waals surface area contributed by atoms with Gasteiger partial charge in [-0.3, -0.25) is 14.6 Å². The predicted octanol–water partition coefficient (Wildman–Crippen LogP) is 2.16. The van der Waals surface area contributed by atoms with Crippen LogP contribution in [0.3, 0.4) is 0 Å². The summed E-state index contributed by atoms with van der Waals surface area (Å²) in [6.45, 7) is 7.51. The molecule has 1 fully saturated rings. The first-order chi connectivity index (χ1) is 14.6.